The molecule has 0 aromatic heterocycles. The van der Waals surface area contributed by atoms with E-state index in [0.29, 0.717) is 0 Å². The number of rotatable bonds is 4. The molecule has 1 aliphatic rings. The van der Waals surface area contributed by atoms with Crippen molar-refractivity contribution in [3.05, 3.63) is 35.9 Å². The van der Waals surface area contributed by atoms with Crippen molar-refractivity contribution in [3.8, 4) is 0 Å². The topological polar surface area (TPSA) is 87.2 Å². The minimum absolute atomic E-state index is 0.0190. The summed E-state index contributed by atoms with van der Waals surface area (Å²) in [6, 6.07) is 8.44. The third kappa shape index (κ3) is 3.18. The number of ether oxygens (including phenoxy) is 1. The molecule has 1 saturated heterocycles. The third-order valence-corrected chi connectivity index (χ3v) is 4.65. The summed E-state index contributed by atoms with van der Waals surface area (Å²) >= 11 is 0. The van der Waals surface area contributed by atoms with Gasteiger partial charge in [0.1, 0.15) is 6.61 Å². The van der Waals surface area contributed by atoms with Gasteiger partial charge in [-0.3, -0.25) is 0 Å². The molecule has 0 aliphatic carbocycles. The summed E-state index contributed by atoms with van der Waals surface area (Å²) in [6.45, 7) is 6.89. The maximum absolute atomic E-state index is 12.6. The first kappa shape index (κ1) is 18.8. The average Bonchev–Trinajstić information content (AvgIpc) is 2.87. The Kier molecular flexibility index (Phi) is 5.06. The Balaban J connectivity index is 2.23. The van der Waals surface area contributed by atoms with Crippen LogP contribution in [-0.2, 0) is 16.1 Å². The number of carboxylic acid groups (broad SMARTS) is 1. The van der Waals surface area contributed by atoms with E-state index in [0.717, 1.165) is 10.5 Å². The number of carbonyl (C=O) groups is 3. The van der Waals surface area contributed by atoms with E-state index in [2.05, 4.69) is 0 Å². The van der Waals surface area contributed by atoms with Crippen LogP contribution in [0.15, 0.2) is 30.3 Å². The second-order valence-electron chi connectivity index (χ2n) is 7.07. The molecule has 0 radical (unpaired) electrons. The molecule has 1 aromatic rings. The first-order valence-corrected chi connectivity index (χ1v) is 8.18. The summed E-state index contributed by atoms with van der Waals surface area (Å²) < 4.78 is 5.21. The highest BCUT2D eigenvalue weighted by Crippen LogP contribution is 2.41. The highest BCUT2D eigenvalue weighted by atomic mass is 16.6. The molecule has 1 unspecified atom stereocenters. The standard InChI is InChI=1S/C18H24N2O5/c1-5-20-15(23)19(12-18(20,14(21)22)17(2,3)4)16(24)25-11-13-9-7-6-8-10-13/h6-10H,5,11-12H2,1-4H3,(H,21,22). The first-order valence-electron chi connectivity index (χ1n) is 8.18. The van der Waals surface area contributed by atoms with Crippen molar-refractivity contribution in [3.63, 3.8) is 0 Å². The number of hydrogen-bond acceptors (Lipinski definition) is 4. The van der Waals surface area contributed by atoms with Crippen LogP contribution in [0, 0.1) is 5.41 Å². The number of nitrogens with zero attached hydrogens (tertiary/aromatic N) is 2. The fraction of sp³-hybridized carbons (Fsp3) is 0.500. The van der Waals surface area contributed by atoms with Crippen molar-refractivity contribution in [2.24, 2.45) is 5.41 Å². The zero-order valence-electron chi connectivity index (χ0n) is 15.0. The molecule has 1 aromatic carbocycles. The van der Waals surface area contributed by atoms with Gasteiger partial charge in [0.05, 0.1) is 6.54 Å². The fourth-order valence-electron chi connectivity index (χ4n) is 3.18. The first-order chi connectivity index (χ1) is 11.6. The Hall–Kier alpha value is -2.57. The lowest BCUT2D eigenvalue weighted by atomic mass is 9.73. The van der Waals surface area contributed by atoms with E-state index in [9.17, 15) is 19.5 Å². The van der Waals surface area contributed by atoms with Gasteiger partial charge in [-0.25, -0.2) is 19.3 Å². The van der Waals surface area contributed by atoms with Crippen molar-refractivity contribution in [2.75, 3.05) is 13.1 Å². The van der Waals surface area contributed by atoms with Gasteiger partial charge in [-0.15, -0.1) is 0 Å². The molecule has 1 atom stereocenters. The number of benzene rings is 1. The number of amides is 3. The SMILES string of the molecule is CCN1C(=O)N(C(=O)OCc2ccccc2)CC1(C(=O)O)C(C)(C)C. The van der Waals surface area contributed by atoms with Crippen LogP contribution in [0.25, 0.3) is 0 Å². The summed E-state index contributed by atoms with van der Waals surface area (Å²) in [5.74, 6) is -1.13. The fourth-order valence-corrected chi connectivity index (χ4v) is 3.18. The second kappa shape index (κ2) is 6.74. The third-order valence-electron chi connectivity index (χ3n) is 4.65. The molecule has 3 amide bonds. The van der Waals surface area contributed by atoms with Crippen LogP contribution in [0.2, 0.25) is 0 Å². The Morgan fingerprint density at radius 2 is 1.84 bits per heavy atom. The van der Waals surface area contributed by atoms with E-state index in [1.165, 1.54) is 4.90 Å². The number of likely N-dealkylation sites (N-methyl/N-ethyl adjacent to an activating group) is 1. The molecule has 7 heteroatoms. The Morgan fingerprint density at radius 3 is 2.28 bits per heavy atom. The molecule has 0 bridgehead atoms. The van der Waals surface area contributed by atoms with Gasteiger partial charge in [-0.2, -0.15) is 0 Å². The van der Waals surface area contributed by atoms with Crippen molar-refractivity contribution in [1.82, 2.24) is 9.80 Å². The number of urea groups is 1. The van der Waals surface area contributed by atoms with Crippen LogP contribution in [0.5, 0.6) is 0 Å². The van der Waals surface area contributed by atoms with Crippen LogP contribution in [0.3, 0.4) is 0 Å². The van der Waals surface area contributed by atoms with E-state index in [1.807, 2.05) is 18.2 Å². The monoisotopic (exact) mass is 348 g/mol. The lowest BCUT2D eigenvalue weighted by Gasteiger charge is -2.42. The molecule has 0 saturated carbocycles. The Morgan fingerprint density at radius 1 is 1.24 bits per heavy atom. The molecule has 0 spiro atoms. The van der Waals surface area contributed by atoms with Crippen molar-refractivity contribution >= 4 is 18.1 Å². The number of aliphatic carboxylic acids is 1. The molecule has 1 heterocycles. The van der Waals surface area contributed by atoms with E-state index < -0.39 is 29.0 Å². The molecule has 7 nitrogen and oxygen atoms in total. The van der Waals surface area contributed by atoms with Crippen LogP contribution in [0.1, 0.15) is 33.3 Å². The van der Waals surface area contributed by atoms with E-state index in [4.69, 9.17) is 4.74 Å². The second-order valence-corrected chi connectivity index (χ2v) is 7.07. The number of carbonyl (C=O) groups excluding carboxylic acids is 2. The van der Waals surface area contributed by atoms with Gasteiger partial charge in [-0.1, -0.05) is 51.1 Å². The average molecular weight is 348 g/mol. The van der Waals surface area contributed by atoms with E-state index >= 15 is 0 Å². The van der Waals surface area contributed by atoms with Crippen LogP contribution in [-0.4, -0.2) is 51.6 Å². The largest absolute Gasteiger partial charge is 0.479 e. The summed E-state index contributed by atoms with van der Waals surface area (Å²) in [6.07, 6.45) is -0.834. The van der Waals surface area contributed by atoms with Crippen LogP contribution < -0.4 is 0 Å². The summed E-state index contributed by atoms with van der Waals surface area (Å²) in [7, 11) is 0. The van der Waals surface area contributed by atoms with Gasteiger partial charge in [0.15, 0.2) is 5.54 Å². The lowest BCUT2D eigenvalue weighted by molar-refractivity contribution is -0.154. The smallest absolute Gasteiger partial charge is 0.418 e. The predicted molar refractivity (Wildman–Crippen MR) is 90.9 cm³/mol. The van der Waals surface area contributed by atoms with Gasteiger partial charge in [0, 0.05) is 6.54 Å². The molecular formula is C18H24N2O5. The summed E-state index contributed by atoms with van der Waals surface area (Å²) in [5.41, 5.74) is -1.47. The maximum atomic E-state index is 12.6. The van der Waals surface area contributed by atoms with Crippen molar-refractivity contribution in [2.45, 2.75) is 39.8 Å². The number of hydrogen-bond donors (Lipinski definition) is 1. The summed E-state index contributed by atoms with van der Waals surface area (Å²) in [4.78, 5) is 39.2. The zero-order chi connectivity index (χ0) is 18.8. The van der Waals surface area contributed by atoms with Crippen molar-refractivity contribution in [1.29, 1.82) is 0 Å². The van der Waals surface area contributed by atoms with Gasteiger partial charge in [0.2, 0.25) is 0 Å². The minimum Gasteiger partial charge on any atom is -0.479 e. The quantitative estimate of drug-likeness (QED) is 0.904. The maximum Gasteiger partial charge on any atom is 0.418 e. The van der Waals surface area contributed by atoms with Gasteiger partial charge >= 0.3 is 18.1 Å². The molecule has 25 heavy (non-hydrogen) atoms. The molecule has 1 aliphatic heterocycles. The zero-order valence-corrected chi connectivity index (χ0v) is 15.0. The number of carboxylic acids is 1. The number of imide groups is 1. The van der Waals surface area contributed by atoms with Gasteiger partial charge < -0.3 is 14.7 Å². The molecule has 1 N–H and O–H groups in total. The highest BCUT2D eigenvalue weighted by Gasteiger charge is 2.62. The van der Waals surface area contributed by atoms with E-state index in [1.54, 1.807) is 39.8 Å². The Bertz CT molecular complexity index is 668. The molecule has 2 rings (SSSR count). The van der Waals surface area contributed by atoms with Crippen LogP contribution >= 0.6 is 0 Å². The van der Waals surface area contributed by atoms with Gasteiger partial charge in [0.25, 0.3) is 0 Å². The van der Waals surface area contributed by atoms with E-state index in [-0.39, 0.29) is 19.7 Å². The van der Waals surface area contributed by atoms with Gasteiger partial charge in [-0.05, 0) is 17.9 Å². The van der Waals surface area contributed by atoms with Crippen LogP contribution in [0.4, 0.5) is 9.59 Å². The normalized spacial score (nSPS) is 20.7. The molecule has 136 valence electrons. The molecular weight excluding hydrogens is 324 g/mol. The predicted octanol–water partition coefficient (Wildman–Crippen LogP) is 2.95. The minimum atomic E-state index is -1.50. The lowest BCUT2D eigenvalue weighted by Crippen LogP contribution is -2.61. The molecule has 1 fully saturated rings. The van der Waals surface area contributed by atoms with Crippen molar-refractivity contribution < 1.29 is 24.2 Å². The highest BCUT2D eigenvalue weighted by molar-refractivity contribution is 5.99. The summed E-state index contributed by atoms with van der Waals surface area (Å²) in [5, 5.41) is 9.85. The Labute approximate surface area is 147 Å².